The summed E-state index contributed by atoms with van der Waals surface area (Å²) in [5.74, 6) is 2.28. The number of hydrogen-bond acceptors (Lipinski definition) is 11. The highest BCUT2D eigenvalue weighted by molar-refractivity contribution is 5.84. The molecule has 0 saturated carbocycles. The van der Waals surface area contributed by atoms with Gasteiger partial charge in [-0.2, -0.15) is 0 Å². The summed E-state index contributed by atoms with van der Waals surface area (Å²) in [6.07, 6.45) is 11.0. The molecule has 15 rings (SSSR count). The minimum atomic E-state index is 0.712. The monoisotopic (exact) mass is 1170 g/mol. The van der Waals surface area contributed by atoms with Crippen molar-refractivity contribution in [2.45, 2.75) is 41.5 Å². The van der Waals surface area contributed by atoms with Gasteiger partial charge in [0, 0.05) is 81.3 Å². The van der Waals surface area contributed by atoms with E-state index in [0.29, 0.717) is 5.82 Å². The molecule has 0 radical (unpaired) electrons. The van der Waals surface area contributed by atoms with E-state index in [1.54, 1.807) is 12.4 Å². The Balaban J connectivity index is 0.000000121. The van der Waals surface area contributed by atoms with Gasteiger partial charge in [-0.05, 0) is 130 Å². The maximum atomic E-state index is 4.66. The first-order chi connectivity index (χ1) is 44.1. The molecule has 0 unspecified atom stereocenters. The van der Waals surface area contributed by atoms with Crippen molar-refractivity contribution in [1.29, 1.82) is 0 Å². The van der Waals surface area contributed by atoms with Crippen LogP contribution in [0, 0.1) is 41.5 Å². The zero-order chi connectivity index (χ0) is 62.3. The average Bonchev–Trinajstić information content (AvgIpc) is 3.76. The van der Waals surface area contributed by atoms with Gasteiger partial charge in [-0.3, -0.25) is 24.9 Å². The number of aryl methyl sites for hydroxylation is 6. The van der Waals surface area contributed by atoms with E-state index >= 15 is 0 Å². The van der Waals surface area contributed by atoms with E-state index in [1.165, 1.54) is 38.2 Å². The van der Waals surface area contributed by atoms with Gasteiger partial charge in [0.2, 0.25) is 0 Å². The van der Waals surface area contributed by atoms with E-state index in [4.69, 9.17) is 0 Å². The first kappa shape index (κ1) is 61.4. The summed E-state index contributed by atoms with van der Waals surface area (Å²) < 4.78 is 0. The summed E-state index contributed by atoms with van der Waals surface area (Å²) in [7, 11) is 0. The quantitative estimate of drug-likeness (QED) is 0.157. The van der Waals surface area contributed by atoms with Gasteiger partial charge in [-0.15, -0.1) is 0 Å². The second-order valence-electron chi connectivity index (χ2n) is 21.0. The molecule has 0 bridgehead atoms. The molecule has 0 fully saturated rings. The van der Waals surface area contributed by atoms with Gasteiger partial charge in [0.25, 0.3) is 0 Å². The summed E-state index contributed by atoms with van der Waals surface area (Å²) in [5.41, 5.74) is 17.5. The second kappa shape index (κ2) is 31.1. The van der Waals surface area contributed by atoms with E-state index in [1.807, 2.05) is 234 Å². The fourth-order valence-corrected chi connectivity index (χ4v) is 9.67. The third-order valence-corrected chi connectivity index (χ3v) is 14.1. The lowest BCUT2D eigenvalue weighted by Gasteiger charge is -2.06. The summed E-state index contributed by atoms with van der Waals surface area (Å²) in [6, 6.07) is 86.9. The molecule has 438 valence electrons. The Morgan fingerprint density at radius 2 is 0.711 bits per heavy atom. The van der Waals surface area contributed by atoms with E-state index in [9.17, 15) is 0 Å². The van der Waals surface area contributed by atoms with Gasteiger partial charge in [0.1, 0.15) is 11.6 Å². The number of para-hydroxylation sites is 2. The number of fused-ring (bicyclic) bond motifs is 3. The van der Waals surface area contributed by atoms with Crippen LogP contribution >= 0.6 is 0 Å². The first-order valence-corrected chi connectivity index (χ1v) is 29.6. The molecule has 0 atom stereocenters. The number of pyridine rings is 5. The Hall–Kier alpha value is -11.7. The van der Waals surface area contributed by atoms with Crippen LogP contribution in [0.5, 0.6) is 0 Å². The van der Waals surface area contributed by atoms with Crippen LogP contribution in [-0.2, 0) is 0 Å². The van der Waals surface area contributed by atoms with Crippen molar-refractivity contribution in [2.24, 2.45) is 0 Å². The van der Waals surface area contributed by atoms with Crippen LogP contribution in [0.3, 0.4) is 0 Å². The van der Waals surface area contributed by atoms with Crippen molar-refractivity contribution in [3.8, 4) is 67.9 Å². The smallest absolute Gasteiger partial charge is 0.160 e. The van der Waals surface area contributed by atoms with Gasteiger partial charge >= 0.3 is 0 Å². The van der Waals surface area contributed by atoms with Crippen molar-refractivity contribution in [1.82, 2.24) is 54.8 Å². The Labute approximate surface area is 526 Å². The normalized spacial score (nSPS) is 10.3. The molecule has 0 amide bonds. The molecule has 0 aliphatic carbocycles. The highest BCUT2D eigenvalue weighted by Gasteiger charge is 2.10. The number of aromatic nitrogens is 11. The minimum absolute atomic E-state index is 0.712. The predicted octanol–water partition coefficient (Wildman–Crippen LogP) is 18.8. The van der Waals surface area contributed by atoms with E-state index in [0.717, 1.165) is 90.5 Å². The Bertz CT molecular complexity index is 4150. The second-order valence-corrected chi connectivity index (χ2v) is 21.0. The molecule has 0 spiro atoms. The highest BCUT2D eigenvalue weighted by Crippen LogP contribution is 2.26. The largest absolute Gasteiger partial charge is 0.264 e. The number of benzene rings is 7. The number of hydrogen-bond donors (Lipinski definition) is 0. The van der Waals surface area contributed by atoms with E-state index in [2.05, 4.69) is 148 Å². The topological polar surface area (TPSA) is 142 Å². The molecule has 11 nitrogen and oxygen atoms in total. The van der Waals surface area contributed by atoms with Crippen LogP contribution in [0.4, 0.5) is 0 Å². The molecule has 0 aliphatic rings. The lowest BCUT2D eigenvalue weighted by atomic mass is 10.1. The van der Waals surface area contributed by atoms with Crippen LogP contribution in [0.15, 0.2) is 298 Å². The lowest BCUT2D eigenvalue weighted by Crippen LogP contribution is -1.96. The Morgan fingerprint density at radius 3 is 1.24 bits per heavy atom. The summed E-state index contributed by atoms with van der Waals surface area (Å²) in [4.78, 5) is 48.3. The van der Waals surface area contributed by atoms with Crippen molar-refractivity contribution >= 4 is 32.6 Å². The zero-order valence-electron chi connectivity index (χ0n) is 51.2. The maximum Gasteiger partial charge on any atom is 0.160 e. The van der Waals surface area contributed by atoms with Crippen molar-refractivity contribution in [3.63, 3.8) is 0 Å². The molecule has 8 aromatic heterocycles. The van der Waals surface area contributed by atoms with Crippen LogP contribution in [0.1, 0.15) is 34.0 Å². The fraction of sp³-hybridized carbons (Fsp3) is 0.0759. The van der Waals surface area contributed by atoms with Crippen molar-refractivity contribution in [2.75, 3.05) is 0 Å². The third-order valence-electron chi connectivity index (χ3n) is 14.1. The molecular formula is C79H67N11. The molecule has 11 heteroatoms. The maximum absolute atomic E-state index is 4.66. The Kier molecular flexibility index (Phi) is 21.2. The predicted molar refractivity (Wildman–Crippen MR) is 368 cm³/mol. The molecule has 15 aromatic rings. The standard InChI is InChI=1S/2C17H14N2.C15H12N4.3C10H9N/c1-13-18-16(14-8-4-2-5-9-14)12-17(19-13)15-10-6-3-7-11-15;1-13-12-16(14-8-4-2-5-9-14)19-17(18-13)15-10-6-3-7-11-15;1-11-18-14(12-6-2-4-8-16-12)10-15(19-11)13-7-3-5-9-17-13;1-8-6-11-7-9-4-2-3-5-10(8)9;1-8-6-9-4-2-3-5-10(9)11-7-8;1-8-6-7-11-10-5-3-2-4-9(8)10/h2*2-12H,1H3;2-10H,1H3;3*2-7H,1H3. The minimum Gasteiger partial charge on any atom is -0.264 e. The molecule has 0 N–H and O–H groups in total. The lowest BCUT2D eigenvalue weighted by molar-refractivity contribution is 1.05. The summed E-state index contributed by atoms with van der Waals surface area (Å²) >= 11 is 0. The molecule has 7 aromatic carbocycles. The van der Waals surface area contributed by atoms with Crippen molar-refractivity contribution < 1.29 is 0 Å². The van der Waals surface area contributed by atoms with Crippen LogP contribution in [0.25, 0.3) is 101 Å². The van der Waals surface area contributed by atoms with Gasteiger partial charge in [0.05, 0.1) is 50.9 Å². The molecule has 0 aliphatic heterocycles. The fourth-order valence-electron chi connectivity index (χ4n) is 9.67. The molecule has 0 saturated heterocycles. The zero-order valence-corrected chi connectivity index (χ0v) is 51.2. The average molecular weight is 1170 g/mol. The molecule has 90 heavy (non-hydrogen) atoms. The number of rotatable bonds is 6. The van der Waals surface area contributed by atoms with Crippen LogP contribution < -0.4 is 0 Å². The SMILES string of the molecule is Cc1cc(-c2ccccc2)nc(-c2ccccc2)n1.Cc1ccnc2ccccc12.Cc1cnc2ccccc2c1.Cc1cncc2ccccc12.Cc1nc(-c2ccccc2)cc(-c2ccccc2)n1.Cc1nc(-c2ccccn2)cc(-c2ccccn2)n1. The van der Waals surface area contributed by atoms with Crippen LogP contribution in [0.2, 0.25) is 0 Å². The summed E-state index contributed by atoms with van der Waals surface area (Å²) in [5, 5.41) is 4.97. The molecule has 8 heterocycles. The van der Waals surface area contributed by atoms with Crippen LogP contribution in [-0.4, -0.2) is 54.8 Å². The molecular weight excluding hydrogens is 1100 g/mol. The van der Waals surface area contributed by atoms with Gasteiger partial charge in [0.15, 0.2) is 5.82 Å². The first-order valence-electron chi connectivity index (χ1n) is 29.6. The van der Waals surface area contributed by atoms with Crippen molar-refractivity contribution in [3.05, 3.63) is 332 Å². The van der Waals surface area contributed by atoms with Gasteiger partial charge in [-0.1, -0.05) is 194 Å². The van der Waals surface area contributed by atoms with Gasteiger partial charge in [-0.25, -0.2) is 29.9 Å². The number of nitrogens with zero attached hydrogens (tertiary/aromatic N) is 11. The van der Waals surface area contributed by atoms with E-state index in [-0.39, 0.29) is 0 Å². The van der Waals surface area contributed by atoms with Gasteiger partial charge < -0.3 is 0 Å². The summed E-state index contributed by atoms with van der Waals surface area (Å²) in [6.45, 7) is 12.0. The Morgan fingerprint density at radius 1 is 0.256 bits per heavy atom. The van der Waals surface area contributed by atoms with E-state index < -0.39 is 0 Å². The highest BCUT2D eigenvalue weighted by atomic mass is 14.9. The third kappa shape index (κ3) is 17.3.